The van der Waals surface area contributed by atoms with Crippen molar-refractivity contribution in [3.8, 4) is 6.07 Å². The quantitative estimate of drug-likeness (QED) is 0.296. The van der Waals surface area contributed by atoms with Crippen molar-refractivity contribution in [2.75, 3.05) is 5.32 Å². The smallest absolute Gasteiger partial charge is 0.331 e. The molecule has 1 N–H and O–H groups in total. The third-order valence-electron chi connectivity index (χ3n) is 4.96. The molecule has 0 fully saturated rings. The Bertz CT molecular complexity index is 1070. The molecule has 160 valence electrons. The standard InChI is InChI=1S/C22H21N3O5S/c1-2-18(30-20(26)12-9-14-7-10-15(11-8-14)25(28)29)21(27)24-22-17(13-23)16-5-3-4-6-19(16)31-22/h7-12,18H,2-6H2,1H3,(H,24,27)/b12-9-/t18-/m1/s1. The summed E-state index contributed by atoms with van der Waals surface area (Å²) in [7, 11) is 0. The Morgan fingerprint density at radius 1 is 1.32 bits per heavy atom. The van der Waals surface area contributed by atoms with Crippen LogP contribution in [-0.2, 0) is 27.2 Å². The van der Waals surface area contributed by atoms with Crippen molar-refractivity contribution in [1.82, 2.24) is 0 Å². The van der Waals surface area contributed by atoms with E-state index in [0.29, 0.717) is 16.1 Å². The predicted molar refractivity (Wildman–Crippen MR) is 117 cm³/mol. The molecule has 0 unspecified atom stereocenters. The first kappa shape index (κ1) is 22.2. The van der Waals surface area contributed by atoms with Crippen LogP contribution in [0.25, 0.3) is 6.08 Å². The number of rotatable bonds is 7. The van der Waals surface area contributed by atoms with Crippen molar-refractivity contribution in [3.05, 3.63) is 62.0 Å². The molecule has 9 heteroatoms. The second-order valence-electron chi connectivity index (χ2n) is 7.03. The van der Waals surface area contributed by atoms with Gasteiger partial charge >= 0.3 is 5.97 Å². The van der Waals surface area contributed by atoms with Crippen LogP contribution in [0, 0.1) is 21.4 Å². The highest BCUT2D eigenvalue weighted by Crippen LogP contribution is 2.37. The number of fused-ring (bicyclic) bond motifs is 1. The lowest BCUT2D eigenvalue weighted by atomic mass is 9.96. The van der Waals surface area contributed by atoms with E-state index in [1.54, 1.807) is 6.92 Å². The van der Waals surface area contributed by atoms with Crippen LogP contribution in [0.15, 0.2) is 30.3 Å². The summed E-state index contributed by atoms with van der Waals surface area (Å²) in [5.74, 6) is -1.18. The fraction of sp³-hybridized carbons (Fsp3) is 0.318. The van der Waals surface area contributed by atoms with Gasteiger partial charge in [0.05, 0.1) is 10.5 Å². The van der Waals surface area contributed by atoms with Gasteiger partial charge in [0, 0.05) is 23.1 Å². The van der Waals surface area contributed by atoms with Gasteiger partial charge in [-0.1, -0.05) is 6.92 Å². The number of nitro groups is 1. The van der Waals surface area contributed by atoms with Crippen LogP contribution < -0.4 is 5.32 Å². The largest absolute Gasteiger partial charge is 0.449 e. The van der Waals surface area contributed by atoms with Crippen molar-refractivity contribution >= 4 is 40.0 Å². The van der Waals surface area contributed by atoms with Gasteiger partial charge in [-0.15, -0.1) is 11.3 Å². The van der Waals surface area contributed by atoms with E-state index in [-0.39, 0.29) is 12.1 Å². The number of nitriles is 1. The van der Waals surface area contributed by atoms with Gasteiger partial charge in [0.2, 0.25) is 0 Å². The number of amides is 1. The van der Waals surface area contributed by atoms with Crippen LogP contribution in [0.1, 0.15) is 47.8 Å². The number of nitrogens with zero attached hydrogens (tertiary/aromatic N) is 2. The van der Waals surface area contributed by atoms with Crippen LogP contribution in [0.2, 0.25) is 0 Å². The van der Waals surface area contributed by atoms with Crippen molar-refractivity contribution in [2.45, 2.75) is 45.1 Å². The maximum atomic E-state index is 12.7. The second-order valence-corrected chi connectivity index (χ2v) is 8.14. The van der Waals surface area contributed by atoms with E-state index < -0.39 is 22.9 Å². The van der Waals surface area contributed by atoms with Gasteiger partial charge in [0.25, 0.3) is 11.6 Å². The highest BCUT2D eigenvalue weighted by Gasteiger charge is 2.25. The number of carbonyl (C=O) groups is 2. The lowest BCUT2D eigenvalue weighted by molar-refractivity contribution is -0.384. The van der Waals surface area contributed by atoms with Gasteiger partial charge in [-0.3, -0.25) is 14.9 Å². The topological polar surface area (TPSA) is 122 Å². The Morgan fingerprint density at radius 2 is 2.03 bits per heavy atom. The first-order chi connectivity index (χ1) is 14.9. The van der Waals surface area contributed by atoms with Crippen LogP contribution in [-0.4, -0.2) is 22.9 Å². The number of ether oxygens (including phenoxy) is 1. The fourth-order valence-corrected chi connectivity index (χ4v) is 4.58. The number of thiophene rings is 1. The zero-order chi connectivity index (χ0) is 22.4. The normalized spacial score (nSPS) is 13.8. The third-order valence-corrected chi connectivity index (χ3v) is 6.16. The molecule has 0 spiro atoms. The van der Waals surface area contributed by atoms with Gasteiger partial charge in [-0.2, -0.15) is 5.26 Å². The van der Waals surface area contributed by atoms with Crippen molar-refractivity contribution in [3.63, 3.8) is 0 Å². The molecule has 0 radical (unpaired) electrons. The summed E-state index contributed by atoms with van der Waals surface area (Å²) in [5.41, 5.74) is 2.06. The zero-order valence-electron chi connectivity index (χ0n) is 16.9. The van der Waals surface area contributed by atoms with E-state index in [4.69, 9.17) is 4.74 Å². The molecular formula is C22H21N3O5S. The van der Waals surface area contributed by atoms with E-state index in [1.165, 1.54) is 47.8 Å². The number of benzene rings is 1. The molecule has 3 rings (SSSR count). The van der Waals surface area contributed by atoms with E-state index in [9.17, 15) is 25.0 Å². The Morgan fingerprint density at radius 3 is 2.68 bits per heavy atom. The molecule has 1 heterocycles. The molecule has 2 aromatic rings. The average molecular weight is 439 g/mol. The summed E-state index contributed by atoms with van der Waals surface area (Å²) >= 11 is 1.42. The molecule has 1 aromatic heterocycles. The molecule has 0 bridgehead atoms. The average Bonchev–Trinajstić information content (AvgIpc) is 3.12. The van der Waals surface area contributed by atoms with Crippen LogP contribution >= 0.6 is 11.3 Å². The summed E-state index contributed by atoms with van der Waals surface area (Å²) in [6, 6.07) is 7.87. The van der Waals surface area contributed by atoms with Gasteiger partial charge in [0.1, 0.15) is 11.1 Å². The van der Waals surface area contributed by atoms with Crippen LogP contribution in [0.4, 0.5) is 10.7 Å². The second kappa shape index (κ2) is 10.00. The molecule has 1 aromatic carbocycles. The lowest BCUT2D eigenvalue weighted by Gasteiger charge is -2.14. The number of hydrogen-bond donors (Lipinski definition) is 1. The van der Waals surface area contributed by atoms with Crippen molar-refractivity contribution < 1.29 is 19.2 Å². The number of hydrogen-bond acceptors (Lipinski definition) is 7. The van der Waals surface area contributed by atoms with E-state index >= 15 is 0 Å². The van der Waals surface area contributed by atoms with E-state index in [0.717, 1.165) is 36.1 Å². The number of nitrogens with one attached hydrogen (secondary N) is 1. The fourth-order valence-electron chi connectivity index (χ4n) is 3.34. The number of nitro benzene ring substituents is 1. The van der Waals surface area contributed by atoms with Gasteiger partial charge in [-0.25, -0.2) is 4.79 Å². The number of non-ortho nitro benzene ring substituents is 1. The van der Waals surface area contributed by atoms with E-state index in [1.807, 2.05) is 0 Å². The first-order valence-electron chi connectivity index (χ1n) is 9.91. The molecule has 1 amide bonds. The highest BCUT2D eigenvalue weighted by atomic mass is 32.1. The molecule has 31 heavy (non-hydrogen) atoms. The Hall–Kier alpha value is -3.51. The molecule has 0 saturated heterocycles. The number of anilines is 1. The van der Waals surface area contributed by atoms with Crippen LogP contribution in [0.5, 0.6) is 0 Å². The molecule has 8 nitrogen and oxygen atoms in total. The SMILES string of the molecule is CC[C@@H](OC(=O)/C=C\c1ccc([N+](=O)[O-])cc1)C(=O)Nc1sc2c(c1C#N)CCCC2. The van der Waals surface area contributed by atoms with Gasteiger partial charge < -0.3 is 10.1 Å². The minimum atomic E-state index is -1.00. The van der Waals surface area contributed by atoms with Gasteiger partial charge in [-0.05, 0) is 61.4 Å². The van der Waals surface area contributed by atoms with Crippen LogP contribution in [0.3, 0.4) is 0 Å². The molecule has 0 saturated carbocycles. The lowest BCUT2D eigenvalue weighted by Crippen LogP contribution is -2.31. The number of aryl methyl sites for hydroxylation is 1. The Balaban J connectivity index is 1.63. The monoisotopic (exact) mass is 439 g/mol. The van der Waals surface area contributed by atoms with E-state index in [2.05, 4.69) is 11.4 Å². The molecule has 0 aliphatic heterocycles. The summed E-state index contributed by atoms with van der Waals surface area (Å²) < 4.78 is 5.27. The Labute approximate surface area is 183 Å². The van der Waals surface area contributed by atoms with Crippen molar-refractivity contribution in [1.29, 1.82) is 5.26 Å². The summed E-state index contributed by atoms with van der Waals surface area (Å²) in [6.45, 7) is 1.72. The minimum absolute atomic E-state index is 0.0468. The zero-order valence-corrected chi connectivity index (χ0v) is 17.7. The maximum Gasteiger partial charge on any atom is 0.331 e. The summed E-state index contributed by atoms with van der Waals surface area (Å²) in [4.78, 5) is 36.1. The maximum absolute atomic E-state index is 12.7. The molecular weight excluding hydrogens is 418 g/mol. The predicted octanol–water partition coefficient (Wildman–Crippen LogP) is 4.38. The molecule has 1 aliphatic rings. The number of carbonyl (C=O) groups excluding carboxylic acids is 2. The van der Waals surface area contributed by atoms with Gasteiger partial charge in [0.15, 0.2) is 6.10 Å². The Kier molecular flexibility index (Phi) is 7.15. The third kappa shape index (κ3) is 5.35. The van der Waals surface area contributed by atoms with Crippen molar-refractivity contribution in [2.24, 2.45) is 0 Å². The summed E-state index contributed by atoms with van der Waals surface area (Å²) in [5, 5.41) is 23.5. The first-order valence-corrected chi connectivity index (χ1v) is 10.7. The molecule has 1 aliphatic carbocycles. The highest BCUT2D eigenvalue weighted by molar-refractivity contribution is 7.16. The molecule has 1 atom stereocenters. The minimum Gasteiger partial charge on any atom is -0.449 e. The number of esters is 1. The summed E-state index contributed by atoms with van der Waals surface area (Å²) in [6.07, 6.45) is 5.74.